The van der Waals surface area contributed by atoms with Gasteiger partial charge in [-0.3, -0.25) is 4.90 Å². The highest BCUT2D eigenvalue weighted by Crippen LogP contribution is 2.34. The molecule has 1 rings (SSSR count). The molecule has 0 bridgehead atoms. The van der Waals surface area contributed by atoms with Crippen molar-refractivity contribution in [2.24, 2.45) is 5.73 Å². The second-order valence-corrected chi connectivity index (χ2v) is 5.65. The van der Waals surface area contributed by atoms with E-state index in [4.69, 9.17) is 5.73 Å². The maximum atomic E-state index is 6.18. The Balaban J connectivity index is 2.82. The number of nitrogens with two attached hydrogens (primary N) is 1. The van der Waals surface area contributed by atoms with Gasteiger partial charge < -0.3 is 5.73 Å². The number of likely N-dealkylation sites (N-methyl/N-ethyl adjacent to an activating group) is 1. The van der Waals surface area contributed by atoms with Crippen LogP contribution in [0, 0.1) is 0 Å². The first kappa shape index (κ1) is 15.0. The van der Waals surface area contributed by atoms with Crippen molar-refractivity contribution in [1.29, 1.82) is 0 Å². The van der Waals surface area contributed by atoms with E-state index in [0.717, 1.165) is 12.6 Å². The molecule has 0 unspecified atom stereocenters. The van der Waals surface area contributed by atoms with Crippen molar-refractivity contribution in [3.05, 3.63) is 0 Å². The summed E-state index contributed by atoms with van der Waals surface area (Å²) in [4.78, 5) is 2.76. The summed E-state index contributed by atoms with van der Waals surface area (Å²) in [6.07, 6.45) is 10.6. The van der Waals surface area contributed by atoms with Crippen molar-refractivity contribution in [2.75, 3.05) is 13.1 Å². The summed E-state index contributed by atoms with van der Waals surface area (Å²) in [5.74, 6) is 0. The fourth-order valence-electron chi connectivity index (χ4n) is 3.86. The summed E-state index contributed by atoms with van der Waals surface area (Å²) in [6.45, 7) is 8.90. The molecule has 0 aromatic carbocycles. The summed E-state index contributed by atoms with van der Waals surface area (Å²) in [7, 11) is 0. The lowest BCUT2D eigenvalue weighted by Gasteiger charge is -2.46. The highest BCUT2D eigenvalue weighted by molar-refractivity contribution is 4.95. The van der Waals surface area contributed by atoms with Gasteiger partial charge >= 0.3 is 0 Å². The van der Waals surface area contributed by atoms with Gasteiger partial charge in [0.05, 0.1) is 0 Å². The van der Waals surface area contributed by atoms with Crippen LogP contribution in [0.1, 0.15) is 72.1 Å². The van der Waals surface area contributed by atoms with Crippen LogP contribution in [-0.2, 0) is 0 Å². The molecule has 1 fully saturated rings. The van der Waals surface area contributed by atoms with Crippen LogP contribution in [0.2, 0.25) is 0 Å². The van der Waals surface area contributed by atoms with Gasteiger partial charge in [-0.05, 0) is 32.2 Å². The SMILES string of the molecule is CCCC(CN)(CCC)N(CC)C1CCCC1. The first-order valence-electron chi connectivity index (χ1n) is 7.70. The first-order valence-corrected chi connectivity index (χ1v) is 7.70. The zero-order chi connectivity index (χ0) is 12.7. The van der Waals surface area contributed by atoms with Crippen molar-refractivity contribution < 1.29 is 0 Å². The standard InChI is InChI=1S/C15H32N2/c1-4-11-15(13-16,12-5-2)17(6-3)14-9-7-8-10-14/h14H,4-13,16H2,1-3H3. The van der Waals surface area contributed by atoms with E-state index in [0.29, 0.717) is 0 Å². The Hall–Kier alpha value is -0.0800. The molecular formula is C15H32N2. The third kappa shape index (κ3) is 3.45. The van der Waals surface area contributed by atoms with Crippen LogP contribution in [0.3, 0.4) is 0 Å². The van der Waals surface area contributed by atoms with Gasteiger partial charge in [-0.15, -0.1) is 0 Å². The molecule has 17 heavy (non-hydrogen) atoms. The summed E-state index contributed by atoms with van der Waals surface area (Å²) in [6, 6.07) is 0.807. The van der Waals surface area contributed by atoms with E-state index >= 15 is 0 Å². The predicted octanol–water partition coefficient (Wildman–Crippen LogP) is 3.55. The molecular weight excluding hydrogens is 208 g/mol. The van der Waals surface area contributed by atoms with Gasteiger partial charge in [-0.1, -0.05) is 46.5 Å². The van der Waals surface area contributed by atoms with E-state index in [2.05, 4.69) is 25.7 Å². The van der Waals surface area contributed by atoms with Gasteiger partial charge in [0, 0.05) is 18.1 Å². The average Bonchev–Trinajstić information content (AvgIpc) is 2.84. The molecule has 0 amide bonds. The molecule has 0 aromatic rings. The molecule has 0 atom stereocenters. The van der Waals surface area contributed by atoms with Gasteiger partial charge in [0.1, 0.15) is 0 Å². The third-order valence-corrected chi connectivity index (χ3v) is 4.53. The number of hydrogen-bond acceptors (Lipinski definition) is 2. The predicted molar refractivity (Wildman–Crippen MR) is 76.2 cm³/mol. The third-order valence-electron chi connectivity index (χ3n) is 4.53. The Morgan fingerprint density at radius 2 is 1.59 bits per heavy atom. The Kier molecular flexibility index (Phi) is 6.50. The molecule has 0 aromatic heterocycles. The van der Waals surface area contributed by atoms with Crippen LogP contribution >= 0.6 is 0 Å². The molecule has 1 saturated carbocycles. The maximum Gasteiger partial charge on any atom is 0.0334 e. The lowest BCUT2D eigenvalue weighted by Crippen LogP contribution is -2.57. The zero-order valence-corrected chi connectivity index (χ0v) is 12.2. The summed E-state index contributed by atoms with van der Waals surface area (Å²) in [5, 5.41) is 0. The minimum atomic E-state index is 0.285. The van der Waals surface area contributed by atoms with Crippen LogP contribution in [0.4, 0.5) is 0 Å². The van der Waals surface area contributed by atoms with Gasteiger partial charge in [0.15, 0.2) is 0 Å². The van der Waals surface area contributed by atoms with E-state index in [-0.39, 0.29) is 5.54 Å². The molecule has 0 aliphatic heterocycles. The van der Waals surface area contributed by atoms with E-state index in [1.807, 2.05) is 0 Å². The van der Waals surface area contributed by atoms with Crippen LogP contribution in [0.15, 0.2) is 0 Å². The topological polar surface area (TPSA) is 29.3 Å². The van der Waals surface area contributed by atoms with Crippen LogP contribution in [0.5, 0.6) is 0 Å². The maximum absolute atomic E-state index is 6.18. The van der Waals surface area contributed by atoms with Gasteiger partial charge in [0.25, 0.3) is 0 Å². The summed E-state index contributed by atoms with van der Waals surface area (Å²) in [5.41, 5.74) is 6.47. The van der Waals surface area contributed by atoms with Crippen molar-refractivity contribution in [3.8, 4) is 0 Å². The Morgan fingerprint density at radius 1 is 1.06 bits per heavy atom. The monoisotopic (exact) mass is 240 g/mol. The molecule has 102 valence electrons. The van der Waals surface area contributed by atoms with E-state index in [9.17, 15) is 0 Å². The lowest BCUT2D eigenvalue weighted by molar-refractivity contribution is 0.0389. The van der Waals surface area contributed by atoms with Gasteiger partial charge in [0.2, 0.25) is 0 Å². The van der Waals surface area contributed by atoms with Gasteiger partial charge in [-0.2, -0.15) is 0 Å². The molecule has 2 N–H and O–H groups in total. The Morgan fingerprint density at radius 3 is 1.94 bits per heavy atom. The molecule has 0 heterocycles. The first-order chi connectivity index (χ1) is 8.24. The van der Waals surface area contributed by atoms with Crippen molar-refractivity contribution in [2.45, 2.75) is 83.7 Å². The van der Waals surface area contributed by atoms with E-state index in [1.165, 1.54) is 57.9 Å². The zero-order valence-electron chi connectivity index (χ0n) is 12.2. The summed E-state index contributed by atoms with van der Waals surface area (Å²) >= 11 is 0. The number of hydrogen-bond donors (Lipinski definition) is 1. The normalized spacial score (nSPS) is 18.2. The molecule has 1 aliphatic rings. The minimum Gasteiger partial charge on any atom is -0.329 e. The van der Waals surface area contributed by atoms with Crippen LogP contribution in [0.25, 0.3) is 0 Å². The molecule has 2 heteroatoms. The molecule has 0 spiro atoms. The number of rotatable bonds is 8. The van der Waals surface area contributed by atoms with Crippen molar-refractivity contribution >= 4 is 0 Å². The smallest absolute Gasteiger partial charge is 0.0334 e. The van der Waals surface area contributed by atoms with Crippen molar-refractivity contribution in [3.63, 3.8) is 0 Å². The lowest BCUT2D eigenvalue weighted by atomic mass is 9.85. The minimum absolute atomic E-state index is 0.285. The fraction of sp³-hybridized carbons (Fsp3) is 1.00. The molecule has 2 nitrogen and oxygen atoms in total. The van der Waals surface area contributed by atoms with Gasteiger partial charge in [-0.25, -0.2) is 0 Å². The second-order valence-electron chi connectivity index (χ2n) is 5.65. The van der Waals surface area contributed by atoms with Crippen LogP contribution in [-0.4, -0.2) is 29.6 Å². The average molecular weight is 240 g/mol. The highest BCUT2D eigenvalue weighted by Gasteiger charge is 2.37. The quantitative estimate of drug-likeness (QED) is 0.703. The van der Waals surface area contributed by atoms with Crippen LogP contribution < -0.4 is 5.73 Å². The largest absolute Gasteiger partial charge is 0.329 e. The summed E-state index contributed by atoms with van der Waals surface area (Å²) < 4.78 is 0. The van der Waals surface area contributed by atoms with E-state index in [1.54, 1.807) is 0 Å². The highest BCUT2D eigenvalue weighted by atomic mass is 15.2. The Bertz CT molecular complexity index is 191. The molecule has 0 radical (unpaired) electrons. The number of nitrogens with zero attached hydrogens (tertiary/aromatic N) is 1. The molecule has 0 saturated heterocycles. The second kappa shape index (κ2) is 7.38. The molecule has 1 aliphatic carbocycles. The fourth-order valence-corrected chi connectivity index (χ4v) is 3.86. The Labute approximate surface area is 108 Å². The van der Waals surface area contributed by atoms with E-state index < -0.39 is 0 Å². The van der Waals surface area contributed by atoms with Crippen molar-refractivity contribution in [1.82, 2.24) is 4.90 Å².